The molecule has 0 unspecified atom stereocenters. The number of fused-ring (bicyclic) bond motifs is 1. The van der Waals surface area contributed by atoms with Crippen LogP contribution in [0.15, 0.2) is 22.6 Å². The molecule has 0 spiro atoms. The van der Waals surface area contributed by atoms with Gasteiger partial charge in [-0.05, 0) is 18.2 Å². The summed E-state index contributed by atoms with van der Waals surface area (Å²) < 4.78 is 85.9. The third-order valence-corrected chi connectivity index (χ3v) is 2.90. The Hall–Kier alpha value is -1.94. The molecule has 0 aliphatic carbocycles. The Morgan fingerprint density at radius 3 is 2.09 bits per heavy atom. The minimum Gasteiger partial charge on any atom is -0.497 e. The van der Waals surface area contributed by atoms with Crippen molar-refractivity contribution in [3.63, 3.8) is 0 Å². The van der Waals surface area contributed by atoms with E-state index in [1.165, 1.54) is 0 Å². The van der Waals surface area contributed by atoms with Crippen molar-refractivity contribution in [2.75, 3.05) is 7.11 Å². The van der Waals surface area contributed by atoms with E-state index in [-0.39, 0.29) is 5.75 Å². The molecule has 1 aromatic carbocycles. The van der Waals surface area contributed by atoms with Crippen LogP contribution in [0.1, 0.15) is 11.3 Å². The fraction of sp³-hybridized carbons (Fsp3) is 0.333. The fourth-order valence-electron chi connectivity index (χ4n) is 1.89. The summed E-state index contributed by atoms with van der Waals surface area (Å²) in [5.74, 6) is -6.96. The van der Waals surface area contributed by atoms with Crippen molar-refractivity contribution in [3.05, 3.63) is 29.5 Å². The maximum atomic E-state index is 12.9. The lowest BCUT2D eigenvalue weighted by Gasteiger charge is -2.25. The first-order chi connectivity index (χ1) is 9.89. The Bertz CT molecular complexity index is 698. The van der Waals surface area contributed by atoms with E-state index in [0.717, 1.165) is 25.3 Å². The maximum absolute atomic E-state index is 12.9. The van der Waals surface area contributed by atoms with E-state index in [1.54, 1.807) is 0 Å². The SMILES string of the molecule is COc1ccc2oc(C(F)(F)F)c(C(O)(O)C(F)(F)F)c2c1. The van der Waals surface area contributed by atoms with Crippen LogP contribution in [0.4, 0.5) is 26.3 Å². The molecular weight excluding hydrogens is 322 g/mol. The molecule has 0 saturated carbocycles. The number of ether oxygens (including phenoxy) is 1. The second kappa shape index (κ2) is 4.78. The van der Waals surface area contributed by atoms with Crippen molar-refractivity contribution >= 4 is 11.0 Å². The third-order valence-electron chi connectivity index (χ3n) is 2.90. The summed E-state index contributed by atoms with van der Waals surface area (Å²) in [4.78, 5) is 0. The molecule has 0 fully saturated rings. The molecule has 0 atom stereocenters. The highest BCUT2D eigenvalue weighted by atomic mass is 19.4. The highest BCUT2D eigenvalue weighted by Crippen LogP contribution is 2.47. The van der Waals surface area contributed by atoms with Crippen LogP contribution in [0.5, 0.6) is 5.75 Å². The largest absolute Gasteiger partial charge is 0.497 e. The molecule has 4 nitrogen and oxygen atoms in total. The molecule has 2 aromatic rings. The zero-order valence-electron chi connectivity index (χ0n) is 10.7. The number of benzene rings is 1. The highest BCUT2D eigenvalue weighted by molar-refractivity contribution is 5.85. The van der Waals surface area contributed by atoms with Gasteiger partial charge in [-0.1, -0.05) is 0 Å². The molecule has 22 heavy (non-hydrogen) atoms. The smallest absolute Gasteiger partial charge is 0.450 e. The van der Waals surface area contributed by atoms with E-state index in [1.807, 2.05) is 0 Å². The van der Waals surface area contributed by atoms with Gasteiger partial charge in [-0.25, -0.2) is 0 Å². The minimum atomic E-state index is -5.77. The summed E-state index contributed by atoms with van der Waals surface area (Å²) in [7, 11) is 1.14. The zero-order valence-corrected chi connectivity index (χ0v) is 10.7. The Balaban J connectivity index is 2.89. The second-order valence-electron chi connectivity index (χ2n) is 4.34. The molecule has 122 valence electrons. The van der Waals surface area contributed by atoms with Gasteiger partial charge in [0.1, 0.15) is 11.3 Å². The molecular formula is C12H8F6O4. The van der Waals surface area contributed by atoms with E-state index in [4.69, 9.17) is 4.74 Å². The summed E-state index contributed by atoms with van der Waals surface area (Å²) in [6, 6.07) is 2.87. The molecule has 0 bridgehead atoms. The number of hydrogen-bond acceptors (Lipinski definition) is 4. The molecule has 1 aromatic heterocycles. The number of alkyl halides is 6. The number of hydrogen-bond donors (Lipinski definition) is 2. The number of halogens is 6. The predicted octanol–water partition coefficient (Wildman–Crippen LogP) is 3.16. The van der Waals surface area contributed by atoms with Gasteiger partial charge < -0.3 is 19.4 Å². The van der Waals surface area contributed by atoms with Gasteiger partial charge in [0.15, 0.2) is 0 Å². The van der Waals surface area contributed by atoms with Crippen molar-refractivity contribution in [3.8, 4) is 5.75 Å². The van der Waals surface area contributed by atoms with Crippen LogP contribution < -0.4 is 4.74 Å². The van der Waals surface area contributed by atoms with Gasteiger partial charge in [0, 0.05) is 5.39 Å². The van der Waals surface area contributed by atoms with Crippen LogP contribution in [0.2, 0.25) is 0 Å². The van der Waals surface area contributed by atoms with Crippen LogP contribution >= 0.6 is 0 Å². The highest BCUT2D eigenvalue weighted by Gasteiger charge is 2.59. The molecule has 10 heteroatoms. The Morgan fingerprint density at radius 1 is 1.05 bits per heavy atom. The Kier molecular flexibility index (Phi) is 3.57. The van der Waals surface area contributed by atoms with Crippen molar-refractivity contribution in [2.24, 2.45) is 0 Å². The molecule has 1 heterocycles. The average molecular weight is 330 g/mol. The van der Waals surface area contributed by atoms with Crippen molar-refractivity contribution < 1.29 is 45.7 Å². The zero-order chi connectivity index (χ0) is 16.9. The normalized spacial score (nSPS) is 13.7. The van der Waals surface area contributed by atoms with E-state index >= 15 is 0 Å². The maximum Gasteiger partial charge on any atom is 0.450 e. The molecule has 2 rings (SSSR count). The third kappa shape index (κ3) is 2.48. The Labute approximate surface area is 118 Å². The first-order valence-corrected chi connectivity index (χ1v) is 5.59. The van der Waals surface area contributed by atoms with Crippen LogP contribution in [-0.2, 0) is 12.0 Å². The standard InChI is InChI=1S/C12H8F6O4/c1-21-5-2-3-7-6(4-5)8(9(22-7)11(13,14)15)10(19,20)12(16,17)18/h2-4,19-20H,1H3. The van der Waals surface area contributed by atoms with Crippen LogP contribution in [0.25, 0.3) is 11.0 Å². The summed E-state index contributed by atoms with van der Waals surface area (Å²) >= 11 is 0. The second-order valence-corrected chi connectivity index (χ2v) is 4.34. The van der Waals surface area contributed by atoms with Gasteiger partial charge in [0.2, 0.25) is 5.76 Å². The molecule has 0 aliphatic heterocycles. The molecule has 0 aliphatic rings. The summed E-state index contributed by atoms with van der Waals surface area (Å²) in [5, 5.41) is 17.7. The van der Waals surface area contributed by atoms with E-state index in [0.29, 0.717) is 0 Å². The van der Waals surface area contributed by atoms with Crippen LogP contribution in [0.3, 0.4) is 0 Å². The fourth-order valence-corrected chi connectivity index (χ4v) is 1.89. The van der Waals surface area contributed by atoms with Crippen LogP contribution in [0, 0.1) is 0 Å². The lowest BCUT2D eigenvalue weighted by atomic mass is 10.0. The number of rotatable bonds is 2. The van der Waals surface area contributed by atoms with Crippen LogP contribution in [-0.4, -0.2) is 23.5 Å². The van der Waals surface area contributed by atoms with Gasteiger partial charge in [0.05, 0.1) is 12.7 Å². The van der Waals surface area contributed by atoms with E-state index in [2.05, 4.69) is 4.42 Å². The minimum absolute atomic E-state index is 0.0822. The first-order valence-electron chi connectivity index (χ1n) is 5.59. The van der Waals surface area contributed by atoms with E-state index < -0.39 is 40.4 Å². The van der Waals surface area contributed by atoms with Gasteiger partial charge in [-0.15, -0.1) is 0 Å². The summed E-state index contributed by atoms with van der Waals surface area (Å²) in [6.07, 6.45) is -11.1. The number of furan rings is 1. The van der Waals surface area contributed by atoms with Crippen molar-refractivity contribution in [1.82, 2.24) is 0 Å². The van der Waals surface area contributed by atoms with Gasteiger partial charge in [0.25, 0.3) is 5.79 Å². The first kappa shape index (κ1) is 16.4. The Morgan fingerprint density at radius 2 is 1.64 bits per heavy atom. The van der Waals surface area contributed by atoms with Gasteiger partial charge in [-0.2, -0.15) is 26.3 Å². The van der Waals surface area contributed by atoms with Gasteiger partial charge in [-0.3, -0.25) is 0 Å². The molecule has 2 N–H and O–H groups in total. The number of aliphatic hydroxyl groups is 2. The predicted molar refractivity (Wildman–Crippen MR) is 59.9 cm³/mol. The average Bonchev–Trinajstić information content (AvgIpc) is 2.75. The van der Waals surface area contributed by atoms with E-state index in [9.17, 15) is 36.6 Å². The van der Waals surface area contributed by atoms with Crippen molar-refractivity contribution in [2.45, 2.75) is 18.1 Å². The van der Waals surface area contributed by atoms with Gasteiger partial charge >= 0.3 is 12.4 Å². The lowest BCUT2D eigenvalue weighted by molar-refractivity contribution is -0.359. The molecule has 0 radical (unpaired) electrons. The molecule has 0 saturated heterocycles. The lowest BCUT2D eigenvalue weighted by Crippen LogP contribution is -2.43. The number of methoxy groups -OCH3 is 1. The quantitative estimate of drug-likeness (QED) is 0.656. The monoisotopic (exact) mass is 330 g/mol. The molecule has 0 amide bonds. The van der Waals surface area contributed by atoms with Crippen molar-refractivity contribution in [1.29, 1.82) is 0 Å². The summed E-state index contributed by atoms with van der Waals surface area (Å²) in [6.45, 7) is 0. The summed E-state index contributed by atoms with van der Waals surface area (Å²) in [5.41, 5.74) is -2.43. The topological polar surface area (TPSA) is 62.8 Å².